The number of hydrogen-bond donors (Lipinski definition) is 3. The summed E-state index contributed by atoms with van der Waals surface area (Å²) in [5.74, 6) is 0.589. The second-order valence-electron chi connectivity index (χ2n) is 3.67. The lowest BCUT2D eigenvalue weighted by Crippen LogP contribution is -2.34. The van der Waals surface area contributed by atoms with Gasteiger partial charge in [-0.25, -0.2) is 0 Å². The monoisotopic (exact) mass is 219 g/mol. The highest BCUT2D eigenvalue weighted by atomic mass is 16.1. The Morgan fingerprint density at radius 1 is 1.56 bits per heavy atom. The van der Waals surface area contributed by atoms with Crippen LogP contribution in [0.25, 0.3) is 5.57 Å². The zero-order chi connectivity index (χ0) is 11.9. The molecule has 6 nitrogen and oxygen atoms in total. The molecule has 1 aliphatic rings. The molecule has 0 bridgehead atoms. The SMILES string of the molecule is C=C1C=C(C)c2c(nc(N)[nH]c2=O)N(C)N1. The second-order valence-corrected chi connectivity index (χ2v) is 3.67. The molecule has 0 spiro atoms. The first-order valence-electron chi connectivity index (χ1n) is 4.77. The lowest BCUT2D eigenvalue weighted by Gasteiger charge is -2.20. The van der Waals surface area contributed by atoms with Gasteiger partial charge in [-0.05, 0) is 18.6 Å². The van der Waals surface area contributed by atoms with Crippen LogP contribution in [-0.2, 0) is 0 Å². The molecular formula is C10H13N5O. The van der Waals surface area contributed by atoms with Gasteiger partial charge in [-0.15, -0.1) is 0 Å². The number of hydrazine groups is 1. The van der Waals surface area contributed by atoms with Crippen LogP contribution in [-0.4, -0.2) is 17.0 Å². The Labute approximate surface area is 92.5 Å². The molecule has 0 radical (unpaired) electrons. The minimum absolute atomic E-state index is 0.0951. The van der Waals surface area contributed by atoms with E-state index in [1.165, 1.54) is 0 Å². The highest BCUT2D eigenvalue weighted by Crippen LogP contribution is 2.24. The molecule has 0 fully saturated rings. The van der Waals surface area contributed by atoms with Crippen LogP contribution >= 0.6 is 0 Å². The number of rotatable bonds is 0. The Morgan fingerprint density at radius 3 is 2.94 bits per heavy atom. The second kappa shape index (κ2) is 3.41. The Kier molecular flexibility index (Phi) is 2.19. The molecule has 0 atom stereocenters. The highest BCUT2D eigenvalue weighted by molar-refractivity contribution is 5.76. The number of nitrogens with one attached hydrogen (secondary N) is 2. The number of fused-ring (bicyclic) bond motifs is 1. The first kappa shape index (κ1) is 10.3. The molecule has 1 aromatic rings. The van der Waals surface area contributed by atoms with Crippen LogP contribution in [0.2, 0.25) is 0 Å². The van der Waals surface area contributed by atoms with Crippen LogP contribution < -0.4 is 21.7 Å². The van der Waals surface area contributed by atoms with Gasteiger partial charge in [0.15, 0.2) is 5.82 Å². The van der Waals surface area contributed by atoms with E-state index in [0.717, 1.165) is 5.57 Å². The average molecular weight is 219 g/mol. The van der Waals surface area contributed by atoms with Crippen molar-refractivity contribution in [3.05, 3.63) is 34.3 Å². The van der Waals surface area contributed by atoms with E-state index in [0.29, 0.717) is 17.1 Å². The van der Waals surface area contributed by atoms with Crippen molar-refractivity contribution in [3.8, 4) is 0 Å². The number of anilines is 2. The number of aromatic amines is 1. The normalized spacial score (nSPS) is 15.0. The lowest BCUT2D eigenvalue weighted by molar-refractivity contribution is 0.793. The standard InChI is InChI=1S/C10H13N5O/c1-5-4-6(2)14-15(3)8-7(5)9(16)13-10(11)12-8/h4,14H,2H2,1,3H3,(H3,11,12,13,16). The number of nitrogens with zero attached hydrogens (tertiary/aromatic N) is 2. The van der Waals surface area contributed by atoms with Crippen LogP contribution in [0.5, 0.6) is 0 Å². The lowest BCUT2D eigenvalue weighted by atomic mass is 10.1. The molecule has 84 valence electrons. The van der Waals surface area contributed by atoms with Crippen molar-refractivity contribution in [1.29, 1.82) is 0 Å². The maximum absolute atomic E-state index is 11.8. The van der Waals surface area contributed by atoms with Gasteiger partial charge in [0.25, 0.3) is 5.56 Å². The Bertz CT molecular complexity index is 543. The fourth-order valence-corrected chi connectivity index (χ4v) is 1.71. The fraction of sp³-hybridized carbons (Fsp3) is 0.200. The van der Waals surface area contributed by atoms with Crippen molar-refractivity contribution >= 4 is 17.3 Å². The molecule has 4 N–H and O–H groups in total. The summed E-state index contributed by atoms with van der Waals surface area (Å²) in [4.78, 5) is 18.4. The van der Waals surface area contributed by atoms with E-state index in [1.54, 1.807) is 18.1 Å². The third kappa shape index (κ3) is 1.54. The van der Waals surface area contributed by atoms with Crippen molar-refractivity contribution in [2.45, 2.75) is 6.92 Å². The molecule has 0 aromatic carbocycles. The summed E-state index contributed by atoms with van der Waals surface area (Å²) in [7, 11) is 1.75. The molecule has 16 heavy (non-hydrogen) atoms. The van der Waals surface area contributed by atoms with E-state index in [-0.39, 0.29) is 11.5 Å². The van der Waals surface area contributed by atoms with Gasteiger partial charge in [0, 0.05) is 12.7 Å². The average Bonchev–Trinajstić information content (AvgIpc) is 2.24. The highest BCUT2D eigenvalue weighted by Gasteiger charge is 2.19. The smallest absolute Gasteiger partial charge is 0.262 e. The van der Waals surface area contributed by atoms with Gasteiger partial charge in [-0.2, -0.15) is 4.98 Å². The summed E-state index contributed by atoms with van der Waals surface area (Å²) in [5, 5.41) is 1.62. The van der Waals surface area contributed by atoms with E-state index in [9.17, 15) is 4.79 Å². The van der Waals surface area contributed by atoms with Crippen LogP contribution in [0.1, 0.15) is 12.5 Å². The van der Waals surface area contributed by atoms with Crippen LogP contribution in [0.15, 0.2) is 23.1 Å². The Hall–Kier alpha value is -2.24. The minimum Gasteiger partial charge on any atom is -0.369 e. The Balaban J connectivity index is 2.76. The summed E-state index contributed by atoms with van der Waals surface area (Å²) in [6.07, 6.45) is 1.79. The van der Waals surface area contributed by atoms with E-state index in [2.05, 4.69) is 22.0 Å². The number of H-pyrrole nitrogens is 1. The van der Waals surface area contributed by atoms with E-state index < -0.39 is 0 Å². The third-order valence-electron chi connectivity index (χ3n) is 2.33. The largest absolute Gasteiger partial charge is 0.369 e. The van der Waals surface area contributed by atoms with Gasteiger partial charge in [0.1, 0.15) is 0 Å². The van der Waals surface area contributed by atoms with E-state index in [4.69, 9.17) is 5.73 Å². The fourth-order valence-electron chi connectivity index (χ4n) is 1.71. The summed E-state index contributed by atoms with van der Waals surface area (Å²) >= 11 is 0. The molecule has 2 heterocycles. The predicted octanol–water partition coefficient (Wildman–Crippen LogP) is 0.223. The number of allylic oxidation sites excluding steroid dienone is 2. The zero-order valence-electron chi connectivity index (χ0n) is 9.16. The van der Waals surface area contributed by atoms with Crippen molar-refractivity contribution in [2.24, 2.45) is 0 Å². The first-order chi connectivity index (χ1) is 7.49. The number of hydrogen-bond acceptors (Lipinski definition) is 5. The van der Waals surface area contributed by atoms with Crippen LogP contribution in [0.3, 0.4) is 0 Å². The number of nitrogens with two attached hydrogens (primary N) is 1. The maximum Gasteiger partial charge on any atom is 0.262 e. The van der Waals surface area contributed by atoms with Gasteiger partial charge in [-0.1, -0.05) is 6.58 Å². The summed E-state index contributed by atoms with van der Waals surface area (Å²) < 4.78 is 0. The van der Waals surface area contributed by atoms with Gasteiger partial charge in [0.2, 0.25) is 5.95 Å². The van der Waals surface area contributed by atoms with Gasteiger partial charge >= 0.3 is 0 Å². The number of aromatic nitrogens is 2. The summed E-state index contributed by atoms with van der Waals surface area (Å²) in [5.41, 5.74) is 10.2. The van der Waals surface area contributed by atoms with E-state index in [1.807, 2.05) is 6.92 Å². The molecule has 0 aliphatic carbocycles. The minimum atomic E-state index is -0.250. The topological polar surface area (TPSA) is 87.0 Å². The Morgan fingerprint density at radius 2 is 2.25 bits per heavy atom. The summed E-state index contributed by atoms with van der Waals surface area (Å²) in [6.45, 7) is 5.64. The van der Waals surface area contributed by atoms with Crippen molar-refractivity contribution in [3.63, 3.8) is 0 Å². The maximum atomic E-state index is 11.8. The van der Waals surface area contributed by atoms with Gasteiger partial charge < -0.3 is 5.73 Å². The summed E-state index contributed by atoms with van der Waals surface area (Å²) in [6, 6.07) is 0. The molecule has 1 aromatic heterocycles. The molecule has 2 rings (SSSR count). The van der Waals surface area contributed by atoms with E-state index >= 15 is 0 Å². The molecule has 0 amide bonds. The molecular weight excluding hydrogens is 206 g/mol. The number of nitrogen functional groups attached to an aromatic ring is 1. The zero-order valence-corrected chi connectivity index (χ0v) is 9.16. The quantitative estimate of drug-likeness (QED) is 0.581. The third-order valence-corrected chi connectivity index (χ3v) is 2.33. The van der Waals surface area contributed by atoms with Gasteiger partial charge in [-0.3, -0.25) is 20.2 Å². The molecule has 0 saturated heterocycles. The van der Waals surface area contributed by atoms with Crippen molar-refractivity contribution in [1.82, 2.24) is 15.4 Å². The van der Waals surface area contributed by atoms with Crippen LogP contribution in [0, 0.1) is 0 Å². The first-order valence-corrected chi connectivity index (χ1v) is 4.77. The molecule has 6 heteroatoms. The molecule has 0 unspecified atom stereocenters. The molecule has 0 saturated carbocycles. The van der Waals surface area contributed by atoms with Crippen molar-refractivity contribution in [2.75, 3.05) is 17.8 Å². The van der Waals surface area contributed by atoms with Crippen LogP contribution in [0.4, 0.5) is 11.8 Å². The van der Waals surface area contributed by atoms with Gasteiger partial charge in [0.05, 0.1) is 5.56 Å². The molecule has 1 aliphatic heterocycles. The van der Waals surface area contributed by atoms with Crippen molar-refractivity contribution < 1.29 is 0 Å². The predicted molar refractivity (Wildman–Crippen MR) is 63.6 cm³/mol.